The Morgan fingerprint density at radius 1 is 1.15 bits per heavy atom. The lowest BCUT2D eigenvalue weighted by molar-refractivity contribution is 0.414. The first-order valence-electron chi connectivity index (χ1n) is 5.92. The van der Waals surface area contributed by atoms with E-state index in [1.807, 2.05) is 24.3 Å². The molecule has 0 heterocycles. The van der Waals surface area contributed by atoms with E-state index in [0.29, 0.717) is 12.0 Å². The summed E-state index contributed by atoms with van der Waals surface area (Å²) >= 11 is 6.38. The van der Waals surface area contributed by atoms with Crippen molar-refractivity contribution < 1.29 is 13.5 Å². The topological polar surface area (TPSA) is 9.23 Å². The molecule has 0 saturated heterocycles. The molecule has 0 aliphatic carbocycles. The lowest BCUT2D eigenvalue weighted by Crippen LogP contribution is -2.00. The zero-order valence-electron chi connectivity index (χ0n) is 10.7. The Kier molecular flexibility index (Phi) is 5.16. The van der Waals surface area contributed by atoms with Gasteiger partial charge in [0.15, 0.2) is 0 Å². The van der Waals surface area contributed by atoms with Crippen LogP contribution in [0, 0.1) is 11.6 Å². The Labute approximate surface area is 133 Å². The minimum Gasteiger partial charge on any atom is -0.497 e. The zero-order valence-corrected chi connectivity index (χ0v) is 13.8. The highest BCUT2D eigenvalue weighted by molar-refractivity contribution is 9.10. The molecule has 0 fully saturated rings. The molecule has 2 aromatic rings. The van der Waals surface area contributed by atoms with Gasteiger partial charge in [-0.15, -0.1) is 0 Å². The van der Waals surface area contributed by atoms with Crippen LogP contribution in [0.1, 0.15) is 16.0 Å². The number of methoxy groups -OCH3 is 1. The largest absolute Gasteiger partial charge is 0.497 e. The van der Waals surface area contributed by atoms with Gasteiger partial charge in [0.25, 0.3) is 0 Å². The van der Waals surface area contributed by atoms with Crippen LogP contribution in [0.4, 0.5) is 8.78 Å². The predicted octanol–water partition coefficient (Wildman–Crippen LogP) is 5.41. The molecule has 0 aliphatic heterocycles. The van der Waals surface area contributed by atoms with Crippen LogP contribution in [0.15, 0.2) is 40.9 Å². The lowest BCUT2D eigenvalue weighted by atomic mass is 10.0. The lowest BCUT2D eigenvalue weighted by Gasteiger charge is -2.13. The molecule has 0 aromatic heterocycles. The molecule has 0 spiro atoms. The minimum absolute atomic E-state index is 0.125. The number of alkyl halides is 1. The second-order valence-corrected chi connectivity index (χ2v) is 6.27. The maximum atomic E-state index is 13.9. The van der Waals surface area contributed by atoms with Gasteiger partial charge < -0.3 is 4.74 Å². The fourth-order valence-electron chi connectivity index (χ4n) is 1.89. The number of hydrogen-bond donors (Lipinski definition) is 0. The van der Waals surface area contributed by atoms with E-state index in [0.717, 1.165) is 17.4 Å². The monoisotopic (exact) mass is 404 g/mol. The molecule has 1 nitrogen and oxygen atoms in total. The van der Waals surface area contributed by atoms with Crippen molar-refractivity contribution >= 4 is 31.9 Å². The molecule has 20 heavy (non-hydrogen) atoms. The van der Waals surface area contributed by atoms with E-state index in [1.54, 1.807) is 7.11 Å². The van der Waals surface area contributed by atoms with Crippen molar-refractivity contribution in [1.82, 2.24) is 0 Å². The van der Waals surface area contributed by atoms with Crippen molar-refractivity contribution in [2.24, 2.45) is 0 Å². The third-order valence-electron chi connectivity index (χ3n) is 2.93. The summed E-state index contributed by atoms with van der Waals surface area (Å²) in [4.78, 5) is -0.308. The average molecular weight is 406 g/mol. The fourth-order valence-corrected chi connectivity index (χ4v) is 2.93. The van der Waals surface area contributed by atoms with Crippen LogP contribution in [0.5, 0.6) is 5.75 Å². The van der Waals surface area contributed by atoms with Gasteiger partial charge in [-0.3, -0.25) is 0 Å². The smallest absolute Gasteiger partial charge is 0.137 e. The number of benzene rings is 2. The highest BCUT2D eigenvalue weighted by atomic mass is 79.9. The van der Waals surface area contributed by atoms with Gasteiger partial charge in [-0.05, 0) is 52.2 Å². The van der Waals surface area contributed by atoms with Crippen molar-refractivity contribution in [2.45, 2.75) is 11.2 Å². The third kappa shape index (κ3) is 3.58. The van der Waals surface area contributed by atoms with Crippen LogP contribution in [0.2, 0.25) is 0 Å². The van der Waals surface area contributed by atoms with Gasteiger partial charge in [-0.2, -0.15) is 0 Å². The fraction of sp³-hybridized carbons (Fsp3) is 0.200. The van der Waals surface area contributed by atoms with Crippen LogP contribution in [-0.4, -0.2) is 7.11 Å². The Morgan fingerprint density at radius 3 is 2.60 bits per heavy atom. The van der Waals surface area contributed by atoms with Gasteiger partial charge in [0.1, 0.15) is 17.4 Å². The Morgan fingerprint density at radius 2 is 1.90 bits per heavy atom. The molecular formula is C15H12Br2F2O. The van der Waals surface area contributed by atoms with E-state index in [1.165, 1.54) is 6.07 Å². The van der Waals surface area contributed by atoms with Crippen molar-refractivity contribution in [3.05, 3.63) is 63.6 Å². The van der Waals surface area contributed by atoms with Gasteiger partial charge in [-0.1, -0.05) is 28.1 Å². The number of ether oxygens (including phenoxy) is 1. The maximum absolute atomic E-state index is 13.9. The minimum atomic E-state index is -0.475. The molecule has 0 radical (unpaired) electrons. The molecule has 0 bridgehead atoms. The Balaban J connectivity index is 2.23. The van der Waals surface area contributed by atoms with Crippen molar-refractivity contribution in [2.75, 3.05) is 7.11 Å². The molecule has 0 saturated carbocycles. The van der Waals surface area contributed by atoms with E-state index in [2.05, 4.69) is 31.9 Å². The Bertz CT molecular complexity index is 617. The summed E-state index contributed by atoms with van der Waals surface area (Å²) in [6, 6.07) is 9.85. The van der Waals surface area contributed by atoms with Crippen molar-refractivity contribution in [3.8, 4) is 5.75 Å². The van der Waals surface area contributed by atoms with Gasteiger partial charge >= 0.3 is 0 Å². The van der Waals surface area contributed by atoms with E-state index < -0.39 is 11.6 Å². The van der Waals surface area contributed by atoms with E-state index in [-0.39, 0.29) is 9.30 Å². The zero-order chi connectivity index (χ0) is 14.7. The molecule has 0 amide bonds. The summed E-state index contributed by atoms with van der Waals surface area (Å²) in [6.07, 6.45) is 0.537. The molecule has 1 unspecified atom stereocenters. The summed E-state index contributed by atoms with van der Waals surface area (Å²) in [7, 11) is 1.59. The molecule has 5 heteroatoms. The standard InChI is InChI=1S/C15H12Br2F2O/c1-20-10-4-2-3-9(5-10)6-12(16)11-7-15(19)13(17)8-14(11)18/h2-5,7-8,12H,6H2,1H3. The molecule has 0 aliphatic rings. The molecule has 0 N–H and O–H groups in total. The first-order chi connectivity index (χ1) is 9.51. The molecule has 1 atom stereocenters. The summed E-state index contributed by atoms with van der Waals surface area (Å²) in [5, 5.41) is 0. The van der Waals surface area contributed by atoms with Crippen LogP contribution in [-0.2, 0) is 6.42 Å². The highest BCUT2D eigenvalue weighted by Gasteiger charge is 2.16. The second kappa shape index (κ2) is 6.68. The molecule has 2 aromatic carbocycles. The summed E-state index contributed by atoms with van der Waals surface area (Å²) < 4.78 is 32.7. The van der Waals surface area contributed by atoms with Gasteiger partial charge in [0.2, 0.25) is 0 Å². The number of hydrogen-bond acceptors (Lipinski definition) is 1. The third-order valence-corrected chi connectivity index (χ3v) is 4.35. The van der Waals surface area contributed by atoms with Crippen LogP contribution >= 0.6 is 31.9 Å². The summed E-state index contributed by atoms with van der Waals surface area (Å²) in [5.41, 5.74) is 1.28. The van der Waals surface area contributed by atoms with E-state index in [9.17, 15) is 8.78 Å². The molecule has 2 rings (SSSR count). The van der Waals surface area contributed by atoms with Gasteiger partial charge in [0.05, 0.1) is 11.6 Å². The van der Waals surface area contributed by atoms with Crippen LogP contribution < -0.4 is 4.74 Å². The van der Waals surface area contributed by atoms with E-state index in [4.69, 9.17) is 4.74 Å². The first-order valence-corrected chi connectivity index (χ1v) is 7.63. The SMILES string of the molecule is COc1cccc(CC(Br)c2cc(F)c(Br)cc2F)c1. The maximum Gasteiger partial charge on any atom is 0.137 e. The Hall–Kier alpha value is -0.940. The number of halogens is 4. The first kappa shape index (κ1) is 15.4. The number of rotatable bonds is 4. The van der Waals surface area contributed by atoms with Crippen molar-refractivity contribution in [3.63, 3.8) is 0 Å². The quantitative estimate of drug-likeness (QED) is 0.487. The second-order valence-electron chi connectivity index (χ2n) is 4.31. The van der Waals surface area contributed by atoms with Crippen LogP contribution in [0.3, 0.4) is 0 Å². The van der Waals surface area contributed by atoms with Crippen molar-refractivity contribution in [1.29, 1.82) is 0 Å². The highest BCUT2D eigenvalue weighted by Crippen LogP contribution is 2.32. The van der Waals surface area contributed by atoms with E-state index >= 15 is 0 Å². The normalized spacial score (nSPS) is 12.2. The average Bonchev–Trinajstić information content (AvgIpc) is 2.43. The molecular weight excluding hydrogens is 394 g/mol. The summed E-state index contributed by atoms with van der Waals surface area (Å²) in [6.45, 7) is 0. The predicted molar refractivity (Wildman–Crippen MR) is 82.4 cm³/mol. The van der Waals surface area contributed by atoms with Gasteiger partial charge in [0, 0.05) is 10.4 Å². The van der Waals surface area contributed by atoms with Crippen LogP contribution in [0.25, 0.3) is 0 Å². The molecule has 106 valence electrons. The van der Waals surface area contributed by atoms with Gasteiger partial charge in [-0.25, -0.2) is 8.78 Å². The summed E-state index contributed by atoms with van der Waals surface area (Å²) in [5.74, 6) is -0.177.